The van der Waals surface area contributed by atoms with Crippen molar-refractivity contribution in [1.29, 1.82) is 0 Å². The molecular weight excluding hydrogens is 280 g/mol. The largest absolute Gasteiger partial charge is 0.380 e. The van der Waals surface area contributed by atoms with Gasteiger partial charge in [0, 0.05) is 24.7 Å². The number of para-hydroxylation sites is 1. The molecule has 6 heteroatoms. The van der Waals surface area contributed by atoms with Gasteiger partial charge in [0.15, 0.2) is 0 Å². The van der Waals surface area contributed by atoms with Crippen LogP contribution in [-0.2, 0) is 16.1 Å². The van der Waals surface area contributed by atoms with Crippen molar-refractivity contribution in [3.8, 4) is 0 Å². The van der Waals surface area contributed by atoms with Gasteiger partial charge in [-0.3, -0.25) is 9.69 Å². The van der Waals surface area contributed by atoms with Crippen molar-refractivity contribution >= 4 is 16.8 Å². The smallest absolute Gasteiger partial charge is 0.234 e. The second kappa shape index (κ2) is 5.98. The Morgan fingerprint density at radius 2 is 2.18 bits per heavy atom. The lowest BCUT2D eigenvalue weighted by Gasteiger charge is -2.20. The van der Waals surface area contributed by atoms with Crippen molar-refractivity contribution < 1.29 is 9.53 Å². The van der Waals surface area contributed by atoms with Gasteiger partial charge in [0.05, 0.1) is 24.2 Å². The number of ether oxygens (including phenoxy) is 1. The first-order chi connectivity index (χ1) is 10.6. The lowest BCUT2D eigenvalue weighted by Crippen LogP contribution is -2.40. The van der Waals surface area contributed by atoms with Crippen molar-refractivity contribution in [2.45, 2.75) is 32.0 Å². The molecule has 2 atom stereocenters. The number of benzene rings is 1. The highest BCUT2D eigenvalue weighted by Gasteiger charge is 2.36. The number of nitrogens with zero attached hydrogens (tertiary/aromatic N) is 3. The summed E-state index contributed by atoms with van der Waals surface area (Å²) >= 11 is 0. The first kappa shape index (κ1) is 14.9. The minimum absolute atomic E-state index is 0.0269. The number of carbonyl (C=O) groups is 1. The zero-order valence-corrected chi connectivity index (χ0v) is 12.8. The molecule has 1 aliphatic heterocycles. The highest BCUT2D eigenvalue weighted by Crippen LogP contribution is 2.22. The van der Waals surface area contributed by atoms with Crippen LogP contribution in [0.2, 0.25) is 0 Å². The molecule has 2 heterocycles. The second-order valence-electron chi connectivity index (χ2n) is 5.68. The summed E-state index contributed by atoms with van der Waals surface area (Å²) in [6.07, 6.45) is 0.650. The standard InChI is InChI=1S/C16H20N4O2/c1-10-12-5-3-4-6-13(12)19-15(18-10)9-20-8-11(22-2)7-14(20)16(17)21/h3-6,11,14H,7-9H2,1-2H3,(H2,17,21)/t11-,14-/m0/s1. The molecule has 1 aliphatic rings. The van der Waals surface area contributed by atoms with E-state index in [1.54, 1.807) is 7.11 Å². The lowest BCUT2D eigenvalue weighted by atomic mass is 10.2. The Labute approximate surface area is 129 Å². The van der Waals surface area contributed by atoms with Gasteiger partial charge in [-0.2, -0.15) is 0 Å². The number of amides is 1. The highest BCUT2D eigenvalue weighted by molar-refractivity contribution is 5.81. The molecular formula is C16H20N4O2. The van der Waals surface area contributed by atoms with E-state index in [0.717, 1.165) is 16.6 Å². The van der Waals surface area contributed by atoms with Crippen molar-refractivity contribution in [2.75, 3.05) is 13.7 Å². The van der Waals surface area contributed by atoms with Crippen LogP contribution in [0.25, 0.3) is 10.9 Å². The molecule has 1 fully saturated rings. The van der Waals surface area contributed by atoms with Gasteiger partial charge in [-0.25, -0.2) is 9.97 Å². The summed E-state index contributed by atoms with van der Waals surface area (Å²) in [6.45, 7) is 3.14. The number of hydrogen-bond acceptors (Lipinski definition) is 5. The topological polar surface area (TPSA) is 81.3 Å². The molecule has 116 valence electrons. The zero-order valence-electron chi connectivity index (χ0n) is 12.8. The minimum atomic E-state index is -0.322. The first-order valence-corrected chi connectivity index (χ1v) is 7.37. The van der Waals surface area contributed by atoms with E-state index in [2.05, 4.69) is 9.97 Å². The van der Waals surface area contributed by atoms with E-state index in [4.69, 9.17) is 10.5 Å². The maximum absolute atomic E-state index is 11.6. The maximum Gasteiger partial charge on any atom is 0.234 e. The summed E-state index contributed by atoms with van der Waals surface area (Å²) < 4.78 is 5.36. The van der Waals surface area contributed by atoms with E-state index in [-0.39, 0.29) is 18.1 Å². The van der Waals surface area contributed by atoms with Crippen molar-refractivity contribution in [1.82, 2.24) is 14.9 Å². The van der Waals surface area contributed by atoms with Gasteiger partial charge in [0.2, 0.25) is 5.91 Å². The van der Waals surface area contributed by atoms with Crippen LogP contribution in [0.15, 0.2) is 24.3 Å². The summed E-state index contributed by atoms with van der Waals surface area (Å²) in [5, 5.41) is 1.05. The van der Waals surface area contributed by atoms with E-state index < -0.39 is 0 Å². The highest BCUT2D eigenvalue weighted by atomic mass is 16.5. The maximum atomic E-state index is 11.6. The monoisotopic (exact) mass is 300 g/mol. The number of aromatic nitrogens is 2. The van der Waals surface area contributed by atoms with E-state index in [1.165, 1.54) is 0 Å². The SMILES string of the molecule is CO[C@H]1C[C@@H](C(N)=O)N(Cc2nc(C)c3ccccc3n2)C1. The zero-order chi connectivity index (χ0) is 15.7. The summed E-state index contributed by atoms with van der Waals surface area (Å²) in [7, 11) is 1.66. The number of fused-ring (bicyclic) bond motifs is 1. The van der Waals surface area contributed by atoms with Gasteiger partial charge in [0.25, 0.3) is 0 Å². The third-order valence-corrected chi connectivity index (χ3v) is 4.21. The van der Waals surface area contributed by atoms with E-state index in [0.29, 0.717) is 25.3 Å². The molecule has 22 heavy (non-hydrogen) atoms. The van der Waals surface area contributed by atoms with Gasteiger partial charge in [0.1, 0.15) is 5.82 Å². The number of hydrogen-bond donors (Lipinski definition) is 1. The predicted molar refractivity (Wildman–Crippen MR) is 83.1 cm³/mol. The van der Waals surface area contributed by atoms with Crippen molar-refractivity contribution in [2.24, 2.45) is 5.73 Å². The fraction of sp³-hybridized carbons (Fsp3) is 0.438. The van der Waals surface area contributed by atoms with Gasteiger partial charge in [-0.15, -0.1) is 0 Å². The van der Waals surface area contributed by atoms with Crippen LogP contribution in [-0.4, -0.2) is 46.6 Å². The molecule has 6 nitrogen and oxygen atoms in total. The van der Waals surface area contributed by atoms with E-state index >= 15 is 0 Å². The minimum Gasteiger partial charge on any atom is -0.380 e. The number of aryl methyl sites for hydroxylation is 1. The molecule has 0 unspecified atom stereocenters. The Bertz CT molecular complexity index is 704. The Hall–Kier alpha value is -2.05. The Morgan fingerprint density at radius 3 is 2.91 bits per heavy atom. The number of methoxy groups -OCH3 is 1. The van der Waals surface area contributed by atoms with Crippen LogP contribution in [0.1, 0.15) is 17.9 Å². The fourth-order valence-electron chi connectivity index (χ4n) is 3.05. The molecule has 1 aromatic carbocycles. The van der Waals surface area contributed by atoms with E-state index in [1.807, 2.05) is 36.1 Å². The van der Waals surface area contributed by atoms with E-state index in [9.17, 15) is 4.79 Å². The lowest BCUT2D eigenvalue weighted by molar-refractivity contribution is -0.122. The van der Waals surface area contributed by atoms with Crippen LogP contribution in [0.5, 0.6) is 0 Å². The molecule has 0 spiro atoms. The normalized spacial score (nSPS) is 22.3. The Kier molecular flexibility index (Phi) is 4.04. The average molecular weight is 300 g/mol. The fourth-order valence-corrected chi connectivity index (χ4v) is 3.05. The molecule has 2 aromatic rings. The van der Waals surface area contributed by atoms with Crippen LogP contribution in [0, 0.1) is 6.92 Å². The van der Waals surface area contributed by atoms with Crippen molar-refractivity contribution in [3.05, 3.63) is 35.8 Å². The number of likely N-dealkylation sites (tertiary alicyclic amines) is 1. The molecule has 0 bridgehead atoms. The van der Waals surface area contributed by atoms with Crippen molar-refractivity contribution in [3.63, 3.8) is 0 Å². The molecule has 2 N–H and O–H groups in total. The van der Waals surface area contributed by atoms with Gasteiger partial charge in [-0.1, -0.05) is 18.2 Å². The van der Waals surface area contributed by atoms with Gasteiger partial charge in [-0.05, 0) is 19.4 Å². The van der Waals surface area contributed by atoms with Gasteiger partial charge >= 0.3 is 0 Å². The summed E-state index contributed by atoms with van der Waals surface area (Å²) in [5.41, 5.74) is 7.36. The first-order valence-electron chi connectivity index (χ1n) is 7.37. The van der Waals surface area contributed by atoms with Crippen LogP contribution in [0.3, 0.4) is 0 Å². The molecule has 1 aromatic heterocycles. The third-order valence-electron chi connectivity index (χ3n) is 4.21. The number of nitrogens with two attached hydrogens (primary N) is 1. The molecule has 1 amide bonds. The second-order valence-corrected chi connectivity index (χ2v) is 5.68. The number of carbonyl (C=O) groups excluding carboxylic acids is 1. The van der Waals surface area contributed by atoms with Crippen LogP contribution in [0.4, 0.5) is 0 Å². The summed E-state index contributed by atoms with van der Waals surface area (Å²) in [4.78, 5) is 22.8. The summed E-state index contributed by atoms with van der Waals surface area (Å²) in [6, 6.07) is 7.60. The Morgan fingerprint density at radius 1 is 1.41 bits per heavy atom. The third kappa shape index (κ3) is 2.80. The number of rotatable bonds is 4. The van der Waals surface area contributed by atoms with Crippen LogP contribution >= 0.6 is 0 Å². The molecule has 3 rings (SSSR count). The predicted octanol–water partition coefficient (Wildman–Crippen LogP) is 1.01. The molecule has 0 radical (unpaired) electrons. The van der Waals surface area contributed by atoms with Gasteiger partial charge < -0.3 is 10.5 Å². The number of primary amides is 1. The molecule has 1 saturated heterocycles. The Balaban J connectivity index is 1.87. The average Bonchev–Trinajstić information content (AvgIpc) is 2.90. The summed E-state index contributed by atoms with van der Waals surface area (Å²) in [5.74, 6) is 0.385. The van der Waals surface area contributed by atoms with Crippen LogP contribution < -0.4 is 5.73 Å². The molecule has 0 aliphatic carbocycles. The molecule has 0 saturated carbocycles. The quantitative estimate of drug-likeness (QED) is 0.911.